The number of hydrogen-bond donors (Lipinski definition) is 0. The third-order valence-electron chi connectivity index (χ3n) is 7.59. The normalized spacial score (nSPS) is 23.3. The third-order valence-corrected chi connectivity index (χ3v) is 7.88. The lowest BCUT2D eigenvalue weighted by Crippen LogP contribution is -2.60. The van der Waals surface area contributed by atoms with E-state index < -0.39 is 11.2 Å². The maximum Gasteiger partial charge on any atom is 0.259 e. The summed E-state index contributed by atoms with van der Waals surface area (Å²) >= 11 is 6.70. The Morgan fingerprint density at radius 1 is 1.17 bits per heavy atom. The molecule has 0 radical (unpaired) electrons. The van der Waals surface area contributed by atoms with Crippen LogP contribution in [0.25, 0.3) is 11.3 Å². The van der Waals surface area contributed by atoms with E-state index in [1.54, 1.807) is 29.2 Å². The number of amides is 2. The van der Waals surface area contributed by atoms with Crippen LogP contribution in [-0.2, 0) is 15.0 Å². The predicted molar refractivity (Wildman–Crippen MR) is 134 cm³/mol. The minimum absolute atomic E-state index is 0.0860. The van der Waals surface area contributed by atoms with E-state index in [1.165, 1.54) is 12.1 Å². The average molecular weight is 495 g/mol. The van der Waals surface area contributed by atoms with Gasteiger partial charge in [-0.1, -0.05) is 43.2 Å². The van der Waals surface area contributed by atoms with Gasteiger partial charge in [0.2, 0.25) is 5.91 Å². The van der Waals surface area contributed by atoms with Gasteiger partial charge in [0, 0.05) is 36.3 Å². The van der Waals surface area contributed by atoms with Crippen LogP contribution in [0.3, 0.4) is 0 Å². The molecule has 2 unspecified atom stereocenters. The summed E-state index contributed by atoms with van der Waals surface area (Å²) in [6.45, 7) is 8.57. The average Bonchev–Trinajstić information content (AvgIpc) is 3.34. The minimum atomic E-state index is -0.807. The van der Waals surface area contributed by atoms with E-state index in [0.29, 0.717) is 53.7 Å². The molecule has 2 atom stereocenters. The molecule has 3 heterocycles. The Morgan fingerprint density at radius 3 is 2.57 bits per heavy atom. The summed E-state index contributed by atoms with van der Waals surface area (Å²) in [5.74, 6) is -0.197. The maximum absolute atomic E-state index is 14.7. The molecule has 1 aromatic heterocycles. The number of halogens is 2. The molecule has 1 saturated carbocycles. The molecule has 35 heavy (non-hydrogen) atoms. The van der Waals surface area contributed by atoms with Gasteiger partial charge in [0.15, 0.2) is 0 Å². The zero-order chi connectivity index (χ0) is 24.9. The molecule has 1 saturated heterocycles. The SMILES string of the molecule is C=CC(=O)N1CC(C)N(C2=NC(=O)C3(CCCC3)c3nc(-c4ccccc4F)c(Cl)cc32)CC1C. The second kappa shape index (κ2) is 8.86. The summed E-state index contributed by atoms with van der Waals surface area (Å²) in [4.78, 5) is 39.3. The van der Waals surface area contributed by atoms with Crippen LogP contribution in [0.4, 0.5) is 4.39 Å². The Balaban J connectivity index is 1.64. The molecule has 2 aliphatic heterocycles. The first-order valence-electron chi connectivity index (χ1n) is 12.1. The van der Waals surface area contributed by atoms with E-state index in [0.717, 1.165) is 18.4 Å². The van der Waals surface area contributed by atoms with Crippen molar-refractivity contribution in [1.82, 2.24) is 14.8 Å². The summed E-state index contributed by atoms with van der Waals surface area (Å²) in [6, 6.07) is 8.00. The highest BCUT2D eigenvalue weighted by atomic mass is 35.5. The molecule has 0 N–H and O–H groups in total. The van der Waals surface area contributed by atoms with Gasteiger partial charge in [0.1, 0.15) is 11.7 Å². The highest BCUT2D eigenvalue weighted by Crippen LogP contribution is 2.47. The molecular weight excluding hydrogens is 467 g/mol. The van der Waals surface area contributed by atoms with Crippen LogP contribution >= 0.6 is 11.6 Å². The van der Waals surface area contributed by atoms with Crippen LogP contribution in [0.2, 0.25) is 5.02 Å². The number of nitrogens with zero attached hydrogens (tertiary/aromatic N) is 4. The zero-order valence-corrected chi connectivity index (χ0v) is 20.7. The van der Waals surface area contributed by atoms with E-state index in [-0.39, 0.29) is 23.9 Å². The number of piperazine rings is 1. The van der Waals surface area contributed by atoms with Crippen molar-refractivity contribution in [1.29, 1.82) is 0 Å². The molecule has 8 heteroatoms. The van der Waals surface area contributed by atoms with Crippen molar-refractivity contribution in [3.05, 3.63) is 65.1 Å². The van der Waals surface area contributed by atoms with E-state index in [2.05, 4.69) is 16.5 Å². The zero-order valence-electron chi connectivity index (χ0n) is 19.9. The van der Waals surface area contributed by atoms with Crippen molar-refractivity contribution in [3.8, 4) is 11.3 Å². The number of rotatable bonds is 2. The molecule has 0 bridgehead atoms. The van der Waals surface area contributed by atoms with Gasteiger partial charge in [0.25, 0.3) is 5.91 Å². The van der Waals surface area contributed by atoms with Crippen molar-refractivity contribution in [2.75, 3.05) is 13.1 Å². The van der Waals surface area contributed by atoms with E-state index in [1.807, 2.05) is 13.8 Å². The highest BCUT2D eigenvalue weighted by molar-refractivity contribution is 6.33. The Labute approximate surface area is 209 Å². The summed E-state index contributed by atoms with van der Waals surface area (Å²) in [6.07, 6.45) is 4.47. The summed E-state index contributed by atoms with van der Waals surface area (Å²) in [7, 11) is 0. The molecule has 1 aliphatic carbocycles. The van der Waals surface area contributed by atoms with Crippen molar-refractivity contribution in [3.63, 3.8) is 0 Å². The van der Waals surface area contributed by atoms with Gasteiger partial charge in [-0.25, -0.2) is 9.37 Å². The predicted octanol–water partition coefficient (Wildman–Crippen LogP) is 4.75. The van der Waals surface area contributed by atoms with Gasteiger partial charge < -0.3 is 9.80 Å². The van der Waals surface area contributed by atoms with E-state index in [4.69, 9.17) is 16.6 Å². The van der Waals surface area contributed by atoms with Crippen LogP contribution in [-0.4, -0.2) is 57.6 Å². The molecule has 1 aromatic carbocycles. The first-order valence-corrected chi connectivity index (χ1v) is 12.4. The van der Waals surface area contributed by atoms with Crippen molar-refractivity contribution in [2.24, 2.45) is 4.99 Å². The smallest absolute Gasteiger partial charge is 0.259 e. The highest BCUT2D eigenvalue weighted by Gasteiger charge is 2.50. The molecule has 2 fully saturated rings. The second-order valence-electron chi connectivity index (χ2n) is 9.77. The number of benzene rings is 1. The number of pyridine rings is 1. The quantitative estimate of drug-likeness (QED) is 0.565. The summed E-state index contributed by atoms with van der Waals surface area (Å²) in [5.41, 5.74) is 1.20. The molecule has 5 rings (SSSR count). The van der Waals surface area contributed by atoms with E-state index >= 15 is 0 Å². The molecule has 2 amide bonds. The number of carbonyl (C=O) groups excluding carboxylic acids is 2. The molecule has 2 aromatic rings. The fourth-order valence-corrected chi connectivity index (χ4v) is 5.98. The maximum atomic E-state index is 14.7. The van der Waals surface area contributed by atoms with Crippen molar-refractivity contribution in [2.45, 2.75) is 57.0 Å². The molecule has 1 spiro atoms. The number of aromatic nitrogens is 1. The standard InChI is InChI=1S/C27H28ClFN4O2/c1-4-22(34)32-14-17(3)33(15-16(32)2)25-19-13-20(28)23(18-9-5-6-10-21(18)29)30-24(19)27(26(35)31-25)11-7-8-12-27/h4-6,9-10,13,16-17H,1,7-8,11-12,14-15H2,2-3H3. The second-order valence-corrected chi connectivity index (χ2v) is 10.2. The van der Waals surface area contributed by atoms with Gasteiger partial charge in [-0.05, 0) is 51.0 Å². The lowest BCUT2D eigenvalue weighted by atomic mass is 9.77. The molecule has 3 aliphatic rings. The Bertz CT molecular complexity index is 1250. The number of aliphatic imine (C=N–C) groups is 1. The lowest BCUT2D eigenvalue weighted by molar-refractivity contribution is -0.131. The minimum Gasteiger partial charge on any atom is -0.349 e. The topological polar surface area (TPSA) is 65.9 Å². The molecule has 182 valence electrons. The third kappa shape index (κ3) is 3.77. The van der Waals surface area contributed by atoms with Crippen LogP contribution in [0.15, 0.2) is 48.0 Å². The van der Waals surface area contributed by atoms with E-state index in [9.17, 15) is 14.0 Å². The fourth-order valence-electron chi connectivity index (χ4n) is 5.73. The van der Waals surface area contributed by atoms with Gasteiger partial charge in [-0.2, -0.15) is 4.99 Å². The van der Waals surface area contributed by atoms with Crippen molar-refractivity contribution < 1.29 is 14.0 Å². The Hall–Kier alpha value is -3.06. The fraction of sp³-hybridized carbons (Fsp3) is 0.407. The monoisotopic (exact) mass is 494 g/mol. The number of hydrogen-bond acceptors (Lipinski definition) is 4. The van der Waals surface area contributed by atoms with Gasteiger partial charge in [-0.3, -0.25) is 9.59 Å². The van der Waals surface area contributed by atoms with Gasteiger partial charge in [0.05, 0.1) is 21.8 Å². The van der Waals surface area contributed by atoms with Gasteiger partial charge in [-0.15, -0.1) is 0 Å². The lowest BCUT2D eigenvalue weighted by Gasteiger charge is -2.46. The first-order chi connectivity index (χ1) is 16.8. The number of carbonyl (C=O) groups is 2. The molecule has 6 nitrogen and oxygen atoms in total. The Kier molecular flexibility index (Phi) is 5.99. The van der Waals surface area contributed by atoms with Crippen molar-refractivity contribution >= 4 is 29.3 Å². The van der Waals surface area contributed by atoms with Gasteiger partial charge >= 0.3 is 0 Å². The first kappa shape index (κ1) is 23.7. The largest absolute Gasteiger partial charge is 0.349 e. The number of amidine groups is 1. The Morgan fingerprint density at radius 2 is 1.89 bits per heavy atom. The van der Waals surface area contributed by atoms with Crippen LogP contribution in [0, 0.1) is 5.82 Å². The van der Waals surface area contributed by atoms with Crippen LogP contribution in [0.5, 0.6) is 0 Å². The van der Waals surface area contributed by atoms with Crippen LogP contribution < -0.4 is 0 Å². The molecular formula is C27H28ClFN4O2. The summed E-state index contributed by atoms with van der Waals surface area (Å²) < 4.78 is 14.7. The van der Waals surface area contributed by atoms with Crippen LogP contribution in [0.1, 0.15) is 50.8 Å². The summed E-state index contributed by atoms with van der Waals surface area (Å²) in [5, 5.41) is 0.310. The number of fused-ring (bicyclic) bond motifs is 2.